The number of halogens is 3. The highest BCUT2D eigenvalue weighted by Gasteiger charge is 2.15. The van der Waals surface area contributed by atoms with Gasteiger partial charge < -0.3 is 18.9 Å². The Morgan fingerprint density at radius 1 is 0.719 bits per heavy atom. The SMILES string of the molecule is O=C(COCC(=O)Oc1cc(Cl)ccc1Oc1ccc(Cl)cc1Cl)OCc1ccccc1. The lowest BCUT2D eigenvalue weighted by atomic mass is 10.2. The number of hydrogen-bond acceptors (Lipinski definition) is 6. The third-order valence-corrected chi connectivity index (χ3v) is 4.69. The first-order valence-corrected chi connectivity index (χ1v) is 10.4. The summed E-state index contributed by atoms with van der Waals surface area (Å²) in [5, 5.41) is 1.05. The Hall–Kier alpha value is -2.77. The zero-order chi connectivity index (χ0) is 22.9. The number of rotatable bonds is 9. The van der Waals surface area contributed by atoms with Gasteiger partial charge in [-0.05, 0) is 35.9 Å². The quantitative estimate of drug-likeness (QED) is 0.264. The maximum Gasteiger partial charge on any atom is 0.337 e. The summed E-state index contributed by atoms with van der Waals surface area (Å²) in [6.45, 7) is -0.765. The molecule has 0 aliphatic heterocycles. The van der Waals surface area contributed by atoms with E-state index in [0.29, 0.717) is 15.8 Å². The molecule has 3 aromatic rings. The van der Waals surface area contributed by atoms with E-state index < -0.39 is 25.2 Å². The fraction of sp³-hybridized carbons (Fsp3) is 0.130. The Morgan fingerprint density at radius 3 is 2.09 bits per heavy atom. The van der Waals surface area contributed by atoms with Crippen LogP contribution in [0.2, 0.25) is 15.1 Å². The molecule has 0 fully saturated rings. The van der Waals surface area contributed by atoms with Crippen LogP contribution in [0.15, 0.2) is 66.7 Å². The summed E-state index contributed by atoms with van der Waals surface area (Å²) in [5.74, 6) is -0.785. The molecule has 166 valence electrons. The summed E-state index contributed by atoms with van der Waals surface area (Å²) in [5.41, 5.74) is 0.842. The van der Waals surface area contributed by atoms with Crippen molar-refractivity contribution in [2.45, 2.75) is 6.61 Å². The van der Waals surface area contributed by atoms with Crippen molar-refractivity contribution in [3.63, 3.8) is 0 Å². The van der Waals surface area contributed by atoms with E-state index in [1.807, 2.05) is 30.3 Å². The van der Waals surface area contributed by atoms with E-state index >= 15 is 0 Å². The maximum atomic E-state index is 12.2. The Balaban J connectivity index is 1.52. The lowest BCUT2D eigenvalue weighted by Crippen LogP contribution is -2.20. The number of ether oxygens (including phenoxy) is 4. The van der Waals surface area contributed by atoms with Crippen molar-refractivity contribution in [3.05, 3.63) is 87.4 Å². The van der Waals surface area contributed by atoms with Gasteiger partial charge in [0.25, 0.3) is 0 Å². The fourth-order valence-corrected chi connectivity index (χ4v) is 3.08. The molecule has 0 N–H and O–H groups in total. The van der Waals surface area contributed by atoms with E-state index in [-0.39, 0.29) is 23.1 Å². The summed E-state index contributed by atoms with van der Waals surface area (Å²) in [7, 11) is 0. The van der Waals surface area contributed by atoms with Gasteiger partial charge in [-0.15, -0.1) is 0 Å². The molecule has 32 heavy (non-hydrogen) atoms. The molecule has 0 amide bonds. The van der Waals surface area contributed by atoms with Crippen molar-refractivity contribution in [1.82, 2.24) is 0 Å². The van der Waals surface area contributed by atoms with Gasteiger partial charge in [0, 0.05) is 16.1 Å². The largest absolute Gasteiger partial charge is 0.459 e. The monoisotopic (exact) mass is 494 g/mol. The number of hydrogen-bond donors (Lipinski definition) is 0. The standard InChI is InChI=1S/C23H17Cl3O6/c24-16-6-8-19(18(26)10-16)31-20-9-7-17(25)11-21(20)32-23(28)14-29-13-22(27)30-12-15-4-2-1-3-5-15/h1-11H,12-14H2. The Kier molecular flexibility index (Phi) is 8.76. The second-order valence-corrected chi connectivity index (χ2v) is 7.66. The fourth-order valence-electron chi connectivity index (χ4n) is 2.47. The molecule has 0 unspecified atom stereocenters. The first-order chi connectivity index (χ1) is 15.4. The molecule has 0 heterocycles. The summed E-state index contributed by atoms with van der Waals surface area (Å²) in [4.78, 5) is 23.9. The average molecular weight is 496 g/mol. The van der Waals surface area contributed by atoms with Gasteiger partial charge in [0.1, 0.15) is 25.6 Å². The summed E-state index contributed by atoms with van der Waals surface area (Å²) >= 11 is 18.0. The minimum absolute atomic E-state index is 0.0590. The van der Waals surface area contributed by atoms with Crippen LogP contribution in [0, 0.1) is 0 Å². The highest BCUT2D eigenvalue weighted by atomic mass is 35.5. The lowest BCUT2D eigenvalue weighted by molar-refractivity contribution is -0.153. The molecule has 3 aromatic carbocycles. The molecule has 0 bridgehead atoms. The lowest BCUT2D eigenvalue weighted by Gasteiger charge is -2.13. The first-order valence-electron chi connectivity index (χ1n) is 9.31. The molecular weight excluding hydrogens is 479 g/mol. The number of benzene rings is 3. The van der Waals surface area contributed by atoms with Crippen LogP contribution in [0.25, 0.3) is 0 Å². The van der Waals surface area contributed by atoms with Gasteiger partial charge in [0.2, 0.25) is 0 Å². The Bertz CT molecular complexity index is 1090. The molecule has 0 spiro atoms. The first kappa shape index (κ1) is 23.9. The maximum absolute atomic E-state index is 12.2. The smallest absolute Gasteiger partial charge is 0.337 e. The van der Waals surface area contributed by atoms with Crippen LogP contribution < -0.4 is 9.47 Å². The highest BCUT2D eigenvalue weighted by Crippen LogP contribution is 2.37. The average Bonchev–Trinajstić information content (AvgIpc) is 2.76. The highest BCUT2D eigenvalue weighted by molar-refractivity contribution is 6.35. The van der Waals surface area contributed by atoms with E-state index in [1.165, 1.54) is 18.2 Å². The molecule has 0 atom stereocenters. The number of carbonyl (C=O) groups is 2. The van der Waals surface area contributed by atoms with E-state index in [4.69, 9.17) is 53.8 Å². The van der Waals surface area contributed by atoms with Crippen molar-refractivity contribution in [2.75, 3.05) is 13.2 Å². The second-order valence-electron chi connectivity index (χ2n) is 6.38. The minimum Gasteiger partial charge on any atom is -0.459 e. The summed E-state index contributed by atoms with van der Waals surface area (Å²) < 4.78 is 21.2. The molecule has 0 aliphatic rings. The predicted molar refractivity (Wildman–Crippen MR) is 121 cm³/mol. The zero-order valence-electron chi connectivity index (χ0n) is 16.6. The summed E-state index contributed by atoms with van der Waals surface area (Å²) in [6, 6.07) is 18.4. The van der Waals surface area contributed by atoms with Crippen molar-refractivity contribution in [3.8, 4) is 17.2 Å². The van der Waals surface area contributed by atoms with Crippen molar-refractivity contribution in [2.24, 2.45) is 0 Å². The topological polar surface area (TPSA) is 71.1 Å². The molecule has 0 saturated heterocycles. The predicted octanol–water partition coefficient (Wildman–Crippen LogP) is 6.10. The van der Waals surface area contributed by atoms with Gasteiger partial charge in [0.15, 0.2) is 11.5 Å². The van der Waals surface area contributed by atoms with E-state index in [2.05, 4.69) is 0 Å². The molecule has 0 saturated carbocycles. The Labute approximate surface area is 199 Å². The third-order valence-electron chi connectivity index (χ3n) is 3.93. The van der Waals surface area contributed by atoms with Crippen LogP contribution in [0.1, 0.15) is 5.56 Å². The van der Waals surface area contributed by atoms with Gasteiger partial charge in [-0.3, -0.25) is 0 Å². The van der Waals surface area contributed by atoms with Crippen LogP contribution >= 0.6 is 34.8 Å². The van der Waals surface area contributed by atoms with Gasteiger partial charge >= 0.3 is 11.9 Å². The van der Waals surface area contributed by atoms with Crippen molar-refractivity contribution >= 4 is 46.7 Å². The van der Waals surface area contributed by atoms with Crippen LogP contribution in [0.5, 0.6) is 17.2 Å². The summed E-state index contributed by atoms with van der Waals surface area (Å²) in [6.07, 6.45) is 0. The Morgan fingerprint density at radius 2 is 1.38 bits per heavy atom. The molecular formula is C23H17Cl3O6. The van der Waals surface area contributed by atoms with E-state index in [0.717, 1.165) is 5.56 Å². The third kappa shape index (κ3) is 7.43. The van der Waals surface area contributed by atoms with Crippen molar-refractivity contribution in [1.29, 1.82) is 0 Å². The van der Waals surface area contributed by atoms with Gasteiger partial charge in [-0.2, -0.15) is 0 Å². The molecule has 0 aromatic heterocycles. The molecule has 0 radical (unpaired) electrons. The second kappa shape index (κ2) is 11.7. The molecule has 9 heteroatoms. The van der Waals surface area contributed by atoms with Gasteiger partial charge in [-0.25, -0.2) is 9.59 Å². The number of carbonyl (C=O) groups excluding carboxylic acids is 2. The van der Waals surface area contributed by atoms with E-state index in [9.17, 15) is 9.59 Å². The minimum atomic E-state index is -0.754. The molecule has 0 aliphatic carbocycles. The van der Waals surface area contributed by atoms with Crippen LogP contribution in [-0.4, -0.2) is 25.2 Å². The van der Waals surface area contributed by atoms with Crippen LogP contribution in [0.3, 0.4) is 0 Å². The van der Waals surface area contributed by atoms with Crippen LogP contribution in [0.4, 0.5) is 0 Å². The molecule has 6 nitrogen and oxygen atoms in total. The van der Waals surface area contributed by atoms with Crippen LogP contribution in [-0.2, 0) is 25.7 Å². The molecule has 3 rings (SSSR count). The normalized spacial score (nSPS) is 10.5. The number of esters is 2. The zero-order valence-corrected chi connectivity index (χ0v) is 18.8. The van der Waals surface area contributed by atoms with E-state index in [1.54, 1.807) is 18.2 Å². The van der Waals surface area contributed by atoms with Gasteiger partial charge in [-0.1, -0.05) is 65.1 Å². The van der Waals surface area contributed by atoms with Crippen molar-refractivity contribution < 1.29 is 28.5 Å². The van der Waals surface area contributed by atoms with Gasteiger partial charge in [0.05, 0.1) is 5.02 Å².